The number of carbonyl (C=O) groups is 1. The first-order valence-electron chi connectivity index (χ1n) is 7.87. The Balaban J connectivity index is 1.91. The molecule has 1 saturated carbocycles. The quantitative estimate of drug-likeness (QED) is 0.773. The minimum absolute atomic E-state index is 0.227. The molecule has 1 fully saturated rings. The molecule has 0 aromatic heterocycles. The van der Waals surface area contributed by atoms with E-state index in [1.54, 1.807) is 12.1 Å². The zero-order chi connectivity index (χ0) is 15.2. The predicted molar refractivity (Wildman–Crippen MR) is 83.7 cm³/mol. The number of phenols is 1. The predicted octanol–water partition coefficient (Wildman–Crippen LogP) is 2.65. The summed E-state index contributed by atoms with van der Waals surface area (Å²) in [4.78, 5) is 14.4. The summed E-state index contributed by atoms with van der Waals surface area (Å²) in [5.74, 6) is 0.984. The highest BCUT2D eigenvalue weighted by Crippen LogP contribution is 2.30. The lowest BCUT2D eigenvalue weighted by Gasteiger charge is -2.23. The highest BCUT2D eigenvalue weighted by Gasteiger charge is 2.32. The first-order chi connectivity index (χ1) is 10.1. The van der Waals surface area contributed by atoms with Crippen molar-refractivity contribution in [3.8, 4) is 5.75 Å². The number of hydrogen-bond acceptors (Lipinski definition) is 3. The molecule has 1 aliphatic rings. The number of nitrogens with zero attached hydrogens (tertiary/aromatic N) is 1. The summed E-state index contributed by atoms with van der Waals surface area (Å²) in [6.07, 6.45) is 4.67. The molecule has 21 heavy (non-hydrogen) atoms. The largest absolute Gasteiger partial charge is 0.508 e. The van der Waals surface area contributed by atoms with Crippen molar-refractivity contribution in [3.05, 3.63) is 29.8 Å². The molecule has 4 heteroatoms. The summed E-state index contributed by atoms with van der Waals surface area (Å²) >= 11 is 0. The van der Waals surface area contributed by atoms with Crippen LogP contribution in [0.25, 0.3) is 0 Å². The van der Waals surface area contributed by atoms with Crippen LogP contribution in [0.4, 0.5) is 0 Å². The molecule has 0 aliphatic heterocycles. The molecule has 2 rings (SSSR count). The van der Waals surface area contributed by atoms with Crippen molar-refractivity contribution in [2.24, 2.45) is 11.7 Å². The van der Waals surface area contributed by atoms with Gasteiger partial charge in [0, 0.05) is 19.0 Å². The Kier molecular flexibility index (Phi) is 5.62. The number of rotatable bonds is 8. The fourth-order valence-electron chi connectivity index (χ4n) is 2.60. The topological polar surface area (TPSA) is 66.6 Å². The minimum atomic E-state index is 0.227. The van der Waals surface area contributed by atoms with Crippen LogP contribution in [0, 0.1) is 5.92 Å². The smallest absolute Gasteiger partial charge is 0.223 e. The Hall–Kier alpha value is -1.55. The van der Waals surface area contributed by atoms with E-state index >= 15 is 0 Å². The average Bonchev–Trinajstić information content (AvgIpc) is 3.27. The molecule has 1 atom stereocenters. The second-order valence-corrected chi connectivity index (χ2v) is 6.14. The lowest BCUT2D eigenvalue weighted by molar-refractivity contribution is -0.132. The number of phenolic OH excluding ortho intramolecular Hbond substituents is 1. The zero-order valence-corrected chi connectivity index (χ0v) is 12.8. The van der Waals surface area contributed by atoms with Crippen molar-refractivity contribution in [2.75, 3.05) is 6.54 Å². The molecule has 0 saturated heterocycles. The molecule has 116 valence electrons. The van der Waals surface area contributed by atoms with E-state index in [-0.39, 0.29) is 11.7 Å². The van der Waals surface area contributed by atoms with E-state index in [9.17, 15) is 9.90 Å². The van der Waals surface area contributed by atoms with Crippen molar-refractivity contribution in [1.82, 2.24) is 4.90 Å². The highest BCUT2D eigenvalue weighted by molar-refractivity contribution is 5.76. The van der Waals surface area contributed by atoms with Crippen LogP contribution in [0.1, 0.15) is 44.6 Å². The van der Waals surface area contributed by atoms with E-state index in [2.05, 4.69) is 6.92 Å². The number of amides is 1. The molecule has 0 heterocycles. The number of nitrogens with two attached hydrogens (primary N) is 1. The summed E-state index contributed by atoms with van der Waals surface area (Å²) in [5.41, 5.74) is 6.54. The Morgan fingerprint density at radius 3 is 2.81 bits per heavy atom. The lowest BCUT2D eigenvalue weighted by atomic mass is 10.0. The third kappa shape index (κ3) is 5.05. The Labute approximate surface area is 126 Å². The van der Waals surface area contributed by atoms with Crippen molar-refractivity contribution in [1.29, 1.82) is 0 Å². The first kappa shape index (κ1) is 15.8. The van der Waals surface area contributed by atoms with Crippen molar-refractivity contribution in [2.45, 2.75) is 51.6 Å². The van der Waals surface area contributed by atoms with Crippen molar-refractivity contribution in [3.63, 3.8) is 0 Å². The van der Waals surface area contributed by atoms with Gasteiger partial charge in [-0.05, 0) is 55.8 Å². The monoisotopic (exact) mass is 290 g/mol. The first-order valence-corrected chi connectivity index (χ1v) is 7.87. The fraction of sp³-hybridized carbons (Fsp3) is 0.588. The van der Waals surface area contributed by atoms with E-state index in [1.807, 2.05) is 17.0 Å². The molecule has 1 aromatic carbocycles. The summed E-state index contributed by atoms with van der Waals surface area (Å²) < 4.78 is 0. The summed E-state index contributed by atoms with van der Waals surface area (Å²) in [6.45, 7) is 3.44. The summed E-state index contributed by atoms with van der Waals surface area (Å²) in [6, 6.07) is 7.56. The van der Waals surface area contributed by atoms with Crippen LogP contribution in [-0.2, 0) is 11.3 Å². The highest BCUT2D eigenvalue weighted by atomic mass is 16.3. The van der Waals surface area contributed by atoms with E-state index in [1.165, 1.54) is 0 Å². The van der Waals surface area contributed by atoms with Crippen LogP contribution < -0.4 is 5.73 Å². The molecule has 1 amide bonds. The molecule has 1 aromatic rings. The lowest BCUT2D eigenvalue weighted by Crippen LogP contribution is -2.32. The SMILES string of the molecule is CC(CCN)CCC(=O)N(Cc1cccc(O)c1)C1CC1. The molecule has 0 radical (unpaired) electrons. The van der Waals surface area contributed by atoms with Gasteiger partial charge in [-0.15, -0.1) is 0 Å². The number of carbonyl (C=O) groups excluding carboxylic acids is 1. The number of benzene rings is 1. The van der Waals surface area contributed by atoms with Gasteiger partial charge in [0.25, 0.3) is 0 Å². The van der Waals surface area contributed by atoms with Crippen LogP contribution in [0.5, 0.6) is 5.75 Å². The maximum absolute atomic E-state index is 12.5. The standard InChI is InChI=1S/C17H26N2O2/c1-13(9-10-18)5-8-17(21)19(15-6-7-15)12-14-3-2-4-16(20)11-14/h2-4,11,13,15,20H,5-10,12,18H2,1H3. The van der Waals surface area contributed by atoms with Crippen LogP contribution in [0.15, 0.2) is 24.3 Å². The molecular weight excluding hydrogens is 264 g/mol. The molecule has 4 nitrogen and oxygen atoms in total. The summed E-state index contributed by atoms with van der Waals surface area (Å²) in [5, 5.41) is 9.54. The van der Waals surface area contributed by atoms with E-state index in [4.69, 9.17) is 5.73 Å². The molecule has 0 bridgehead atoms. The van der Waals surface area contributed by atoms with E-state index in [0.717, 1.165) is 31.2 Å². The summed E-state index contributed by atoms with van der Waals surface area (Å²) in [7, 11) is 0. The second kappa shape index (κ2) is 7.46. The second-order valence-electron chi connectivity index (χ2n) is 6.14. The van der Waals surface area contributed by atoms with Gasteiger partial charge in [0.1, 0.15) is 5.75 Å². The molecule has 1 aliphatic carbocycles. The normalized spacial score (nSPS) is 15.7. The molecule has 0 spiro atoms. The third-order valence-corrected chi connectivity index (χ3v) is 4.08. The Bertz CT molecular complexity index is 472. The Morgan fingerprint density at radius 1 is 1.43 bits per heavy atom. The molecule has 3 N–H and O–H groups in total. The maximum Gasteiger partial charge on any atom is 0.223 e. The van der Waals surface area contributed by atoms with Gasteiger partial charge in [-0.1, -0.05) is 19.1 Å². The number of hydrogen-bond donors (Lipinski definition) is 2. The molecule has 1 unspecified atom stereocenters. The fourth-order valence-corrected chi connectivity index (χ4v) is 2.60. The van der Waals surface area contributed by atoms with Gasteiger partial charge in [-0.25, -0.2) is 0 Å². The zero-order valence-electron chi connectivity index (χ0n) is 12.8. The van der Waals surface area contributed by atoms with E-state index in [0.29, 0.717) is 31.5 Å². The van der Waals surface area contributed by atoms with Crippen LogP contribution >= 0.6 is 0 Å². The minimum Gasteiger partial charge on any atom is -0.508 e. The van der Waals surface area contributed by atoms with Crippen LogP contribution in [0.3, 0.4) is 0 Å². The average molecular weight is 290 g/mol. The third-order valence-electron chi connectivity index (χ3n) is 4.08. The maximum atomic E-state index is 12.5. The Morgan fingerprint density at radius 2 is 2.19 bits per heavy atom. The van der Waals surface area contributed by atoms with Gasteiger partial charge in [-0.2, -0.15) is 0 Å². The molecular formula is C17H26N2O2. The van der Waals surface area contributed by atoms with Gasteiger partial charge in [0.15, 0.2) is 0 Å². The van der Waals surface area contributed by atoms with E-state index < -0.39 is 0 Å². The van der Waals surface area contributed by atoms with Gasteiger partial charge < -0.3 is 15.7 Å². The van der Waals surface area contributed by atoms with Gasteiger partial charge >= 0.3 is 0 Å². The van der Waals surface area contributed by atoms with Gasteiger partial charge in [0.2, 0.25) is 5.91 Å². The number of aromatic hydroxyl groups is 1. The van der Waals surface area contributed by atoms with Crippen LogP contribution in [-0.4, -0.2) is 28.5 Å². The van der Waals surface area contributed by atoms with Crippen LogP contribution in [0.2, 0.25) is 0 Å². The van der Waals surface area contributed by atoms with Gasteiger partial charge in [-0.3, -0.25) is 4.79 Å². The van der Waals surface area contributed by atoms with Crippen molar-refractivity contribution >= 4 is 5.91 Å². The van der Waals surface area contributed by atoms with Crippen molar-refractivity contribution < 1.29 is 9.90 Å². The van der Waals surface area contributed by atoms with Gasteiger partial charge in [0.05, 0.1) is 0 Å².